The summed E-state index contributed by atoms with van der Waals surface area (Å²) in [6.07, 6.45) is 4.45. The molecule has 1 heterocycles. The molecule has 16 heavy (non-hydrogen) atoms. The normalized spacial score (nSPS) is 10.0. The lowest BCUT2D eigenvalue weighted by molar-refractivity contribution is 0.322. The van der Waals surface area contributed by atoms with Crippen LogP contribution in [0.4, 0.5) is 5.69 Å². The van der Waals surface area contributed by atoms with E-state index in [1.807, 2.05) is 36.4 Å². The van der Waals surface area contributed by atoms with Crippen LogP contribution in [0.25, 0.3) is 0 Å². The van der Waals surface area contributed by atoms with Gasteiger partial charge in [-0.05, 0) is 29.8 Å². The van der Waals surface area contributed by atoms with Gasteiger partial charge in [0.15, 0.2) is 0 Å². The van der Waals surface area contributed by atoms with Gasteiger partial charge >= 0.3 is 0 Å². The lowest BCUT2D eigenvalue weighted by Gasteiger charge is -2.06. The molecule has 0 bridgehead atoms. The molecular formula is C13H14N2O. The number of nitrogen functional groups attached to an aromatic ring is 1. The molecule has 0 aliphatic carbocycles. The third-order valence-electron chi connectivity index (χ3n) is 2.27. The van der Waals surface area contributed by atoms with Crippen molar-refractivity contribution in [2.24, 2.45) is 0 Å². The van der Waals surface area contributed by atoms with Crippen LogP contribution in [0.2, 0.25) is 0 Å². The van der Waals surface area contributed by atoms with Crippen LogP contribution in [0.5, 0.6) is 5.75 Å². The summed E-state index contributed by atoms with van der Waals surface area (Å²) in [6, 6.07) is 11.4. The fourth-order valence-electron chi connectivity index (χ4n) is 1.44. The zero-order valence-corrected chi connectivity index (χ0v) is 8.97. The summed E-state index contributed by atoms with van der Waals surface area (Å²) in [7, 11) is 0. The maximum atomic E-state index is 5.65. The number of aromatic nitrogens is 1. The molecule has 2 aromatic rings. The summed E-state index contributed by atoms with van der Waals surface area (Å²) < 4.78 is 5.59. The molecule has 2 rings (SSSR count). The van der Waals surface area contributed by atoms with Crippen LogP contribution in [0.1, 0.15) is 5.56 Å². The Morgan fingerprint density at radius 1 is 1.12 bits per heavy atom. The molecule has 3 nitrogen and oxygen atoms in total. The Morgan fingerprint density at radius 3 is 2.69 bits per heavy atom. The van der Waals surface area contributed by atoms with Crippen molar-refractivity contribution >= 4 is 5.69 Å². The van der Waals surface area contributed by atoms with E-state index >= 15 is 0 Å². The lowest BCUT2D eigenvalue weighted by Crippen LogP contribution is -2.01. The molecule has 1 aromatic heterocycles. The van der Waals surface area contributed by atoms with E-state index in [4.69, 9.17) is 10.5 Å². The first-order valence-electron chi connectivity index (χ1n) is 5.22. The van der Waals surface area contributed by atoms with Gasteiger partial charge in [-0.3, -0.25) is 4.98 Å². The smallest absolute Gasteiger partial charge is 0.121 e. The van der Waals surface area contributed by atoms with Crippen LogP contribution in [0.15, 0.2) is 48.8 Å². The van der Waals surface area contributed by atoms with E-state index in [1.54, 1.807) is 12.4 Å². The Balaban J connectivity index is 1.85. The monoisotopic (exact) mass is 214 g/mol. The van der Waals surface area contributed by atoms with Gasteiger partial charge in [0.2, 0.25) is 0 Å². The van der Waals surface area contributed by atoms with Crippen LogP contribution >= 0.6 is 0 Å². The molecule has 1 aromatic carbocycles. The van der Waals surface area contributed by atoms with E-state index in [0.29, 0.717) is 6.61 Å². The average molecular weight is 214 g/mol. The minimum atomic E-state index is 0.646. The number of benzene rings is 1. The van der Waals surface area contributed by atoms with Gasteiger partial charge in [-0.25, -0.2) is 0 Å². The second kappa shape index (κ2) is 5.16. The summed E-state index contributed by atoms with van der Waals surface area (Å²) in [4.78, 5) is 3.97. The van der Waals surface area contributed by atoms with Crippen LogP contribution in [-0.2, 0) is 6.42 Å². The molecule has 3 heteroatoms. The number of nitrogens with zero attached hydrogens (tertiary/aromatic N) is 1. The fraction of sp³-hybridized carbons (Fsp3) is 0.154. The second-order valence-electron chi connectivity index (χ2n) is 3.53. The van der Waals surface area contributed by atoms with Gasteiger partial charge in [0, 0.05) is 30.6 Å². The molecule has 82 valence electrons. The Kier molecular flexibility index (Phi) is 3.38. The predicted octanol–water partition coefficient (Wildman–Crippen LogP) is 2.29. The Bertz CT molecular complexity index is 443. The van der Waals surface area contributed by atoms with Gasteiger partial charge < -0.3 is 10.5 Å². The van der Waals surface area contributed by atoms with Gasteiger partial charge in [-0.2, -0.15) is 0 Å². The lowest BCUT2D eigenvalue weighted by atomic mass is 10.2. The summed E-state index contributed by atoms with van der Waals surface area (Å²) in [5.41, 5.74) is 7.60. The van der Waals surface area contributed by atoms with Gasteiger partial charge in [-0.1, -0.05) is 6.07 Å². The first-order chi connectivity index (χ1) is 7.84. The summed E-state index contributed by atoms with van der Waals surface area (Å²) >= 11 is 0. The molecule has 0 atom stereocenters. The quantitative estimate of drug-likeness (QED) is 0.794. The molecule has 0 aliphatic heterocycles. The first kappa shape index (κ1) is 10.5. The van der Waals surface area contributed by atoms with Crippen molar-refractivity contribution in [2.75, 3.05) is 12.3 Å². The van der Waals surface area contributed by atoms with Gasteiger partial charge in [0.25, 0.3) is 0 Å². The number of hydrogen-bond donors (Lipinski definition) is 1. The number of pyridine rings is 1. The Labute approximate surface area is 94.9 Å². The number of anilines is 1. The largest absolute Gasteiger partial charge is 0.493 e. The highest BCUT2D eigenvalue weighted by molar-refractivity contribution is 5.43. The van der Waals surface area contributed by atoms with E-state index in [1.165, 1.54) is 5.56 Å². The molecule has 0 saturated carbocycles. The van der Waals surface area contributed by atoms with Gasteiger partial charge in [-0.15, -0.1) is 0 Å². The van der Waals surface area contributed by atoms with E-state index in [0.717, 1.165) is 17.9 Å². The summed E-state index contributed by atoms with van der Waals surface area (Å²) in [5, 5.41) is 0. The molecule has 2 N–H and O–H groups in total. The molecule has 0 spiro atoms. The highest BCUT2D eigenvalue weighted by Crippen LogP contribution is 2.14. The highest BCUT2D eigenvalue weighted by Gasteiger charge is 1.95. The van der Waals surface area contributed by atoms with Crippen LogP contribution in [0, 0.1) is 0 Å². The maximum absolute atomic E-state index is 5.65. The molecule has 0 aliphatic rings. The second-order valence-corrected chi connectivity index (χ2v) is 3.53. The van der Waals surface area contributed by atoms with Crippen molar-refractivity contribution in [1.82, 2.24) is 4.98 Å². The molecular weight excluding hydrogens is 200 g/mol. The molecule has 0 saturated heterocycles. The van der Waals surface area contributed by atoms with Crippen molar-refractivity contribution in [3.05, 3.63) is 54.4 Å². The maximum Gasteiger partial charge on any atom is 0.121 e. The molecule has 0 radical (unpaired) electrons. The van der Waals surface area contributed by atoms with E-state index in [2.05, 4.69) is 4.98 Å². The third kappa shape index (κ3) is 2.98. The van der Waals surface area contributed by atoms with Crippen molar-refractivity contribution < 1.29 is 4.74 Å². The molecule has 0 unspecified atom stereocenters. The highest BCUT2D eigenvalue weighted by atomic mass is 16.5. The van der Waals surface area contributed by atoms with Gasteiger partial charge in [0.1, 0.15) is 5.75 Å². The van der Waals surface area contributed by atoms with E-state index < -0.39 is 0 Å². The number of nitrogens with two attached hydrogens (primary N) is 1. The van der Waals surface area contributed by atoms with E-state index in [-0.39, 0.29) is 0 Å². The minimum Gasteiger partial charge on any atom is -0.493 e. The topological polar surface area (TPSA) is 48.1 Å². The SMILES string of the molecule is Nc1cccc(OCCc2ccncc2)c1. The standard InChI is InChI=1S/C13H14N2O/c14-12-2-1-3-13(10-12)16-9-6-11-4-7-15-8-5-11/h1-5,7-8,10H,6,9,14H2. The van der Waals surface area contributed by atoms with Crippen molar-refractivity contribution in [1.29, 1.82) is 0 Å². The third-order valence-corrected chi connectivity index (χ3v) is 2.27. The van der Waals surface area contributed by atoms with Crippen molar-refractivity contribution in [3.63, 3.8) is 0 Å². The predicted molar refractivity (Wildman–Crippen MR) is 64.3 cm³/mol. The van der Waals surface area contributed by atoms with E-state index in [9.17, 15) is 0 Å². The zero-order valence-electron chi connectivity index (χ0n) is 8.97. The Morgan fingerprint density at radius 2 is 1.94 bits per heavy atom. The number of rotatable bonds is 4. The average Bonchev–Trinajstić information content (AvgIpc) is 2.30. The van der Waals surface area contributed by atoms with Crippen LogP contribution in [-0.4, -0.2) is 11.6 Å². The summed E-state index contributed by atoms with van der Waals surface area (Å²) in [6.45, 7) is 0.646. The zero-order chi connectivity index (χ0) is 11.2. The van der Waals surface area contributed by atoms with Crippen molar-refractivity contribution in [2.45, 2.75) is 6.42 Å². The summed E-state index contributed by atoms with van der Waals surface area (Å²) in [5.74, 6) is 0.814. The van der Waals surface area contributed by atoms with Crippen molar-refractivity contribution in [3.8, 4) is 5.75 Å². The fourth-order valence-corrected chi connectivity index (χ4v) is 1.44. The minimum absolute atomic E-state index is 0.646. The first-order valence-corrected chi connectivity index (χ1v) is 5.22. The molecule has 0 fully saturated rings. The Hall–Kier alpha value is -2.03. The number of hydrogen-bond acceptors (Lipinski definition) is 3. The van der Waals surface area contributed by atoms with Crippen LogP contribution < -0.4 is 10.5 Å². The van der Waals surface area contributed by atoms with Gasteiger partial charge in [0.05, 0.1) is 6.61 Å². The van der Waals surface area contributed by atoms with Crippen LogP contribution in [0.3, 0.4) is 0 Å². The molecule has 0 amide bonds. The number of ether oxygens (including phenoxy) is 1.